The van der Waals surface area contributed by atoms with Crippen molar-refractivity contribution in [2.24, 2.45) is 11.7 Å². The maximum absolute atomic E-state index is 11.9. The quantitative estimate of drug-likeness (QED) is 0.848. The molecule has 0 saturated carbocycles. The first-order valence-corrected chi connectivity index (χ1v) is 6.05. The highest BCUT2D eigenvalue weighted by molar-refractivity contribution is 5.76. The minimum absolute atomic E-state index is 0.187. The predicted molar refractivity (Wildman–Crippen MR) is 70.3 cm³/mol. The van der Waals surface area contributed by atoms with Crippen molar-refractivity contribution >= 4 is 5.91 Å². The average molecular weight is 234 g/mol. The molecule has 0 aliphatic carbocycles. The maximum Gasteiger partial charge on any atom is 0.222 e. The Hall–Kier alpha value is -1.35. The van der Waals surface area contributed by atoms with Crippen LogP contribution in [0.15, 0.2) is 24.3 Å². The SMILES string of the molecule is CC(C)CC(=O)N(C)Cc1ccccc1CN. The van der Waals surface area contributed by atoms with Crippen LogP contribution < -0.4 is 5.73 Å². The molecule has 0 aromatic heterocycles. The number of hydrogen-bond donors (Lipinski definition) is 1. The van der Waals surface area contributed by atoms with Gasteiger partial charge in [-0.25, -0.2) is 0 Å². The minimum atomic E-state index is 0.187. The van der Waals surface area contributed by atoms with E-state index in [-0.39, 0.29) is 5.91 Å². The maximum atomic E-state index is 11.9. The van der Waals surface area contributed by atoms with Gasteiger partial charge < -0.3 is 10.6 Å². The molecule has 3 nitrogen and oxygen atoms in total. The fourth-order valence-corrected chi connectivity index (χ4v) is 1.76. The third-order valence-corrected chi connectivity index (χ3v) is 2.75. The number of amides is 1. The van der Waals surface area contributed by atoms with Crippen molar-refractivity contribution < 1.29 is 4.79 Å². The molecule has 0 bridgehead atoms. The lowest BCUT2D eigenvalue weighted by molar-refractivity contribution is -0.131. The Labute approximate surface area is 104 Å². The number of carbonyl (C=O) groups is 1. The molecule has 1 aromatic rings. The highest BCUT2D eigenvalue weighted by atomic mass is 16.2. The second kappa shape index (κ2) is 6.40. The first-order chi connectivity index (χ1) is 8.04. The molecular formula is C14H22N2O. The van der Waals surface area contributed by atoms with Crippen LogP contribution in [-0.4, -0.2) is 17.9 Å². The summed E-state index contributed by atoms with van der Waals surface area (Å²) in [7, 11) is 1.85. The lowest BCUT2D eigenvalue weighted by atomic mass is 10.1. The van der Waals surface area contributed by atoms with E-state index in [9.17, 15) is 4.79 Å². The lowest BCUT2D eigenvalue weighted by Gasteiger charge is -2.20. The van der Waals surface area contributed by atoms with E-state index in [2.05, 4.69) is 13.8 Å². The molecule has 0 saturated heterocycles. The lowest BCUT2D eigenvalue weighted by Crippen LogP contribution is -2.27. The Bertz CT molecular complexity index is 374. The second-order valence-corrected chi connectivity index (χ2v) is 4.82. The Balaban J connectivity index is 2.67. The van der Waals surface area contributed by atoms with E-state index < -0.39 is 0 Å². The van der Waals surface area contributed by atoms with E-state index in [0.717, 1.165) is 11.1 Å². The molecule has 0 fully saturated rings. The Kier molecular flexibility index (Phi) is 5.16. The Morgan fingerprint density at radius 3 is 2.41 bits per heavy atom. The van der Waals surface area contributed by atoms with Crippen molar-refractivity contribution in [3.8, 4) is 0 Å². The van der Waals surface area contributed by atoms with Crippen molar-refractivity contribution in [2.75, 3.05) is 7.05 Å². The minimum Gasteiger partial charge on any atom is -0.341 e. The number of nitrogens with two attached hydrogens (primary N) is 1. The molecule has 1 rings (SSSR count). The summed E-state index contributed by atoms with van der Waals surface area (Å²) in [5.74, 6) is 0.585. The first kappa shape index (κ1) is 13.7. The van der Waals surface area contributed by atoms with Gasteiger partial charge in [0.1, 0.15) is 0 Å². The van der Waals surface area contributed by atoms with Crippen molar-refractivity contribution in [1.29, 1.82) is 0 Å². The van der Waals surface area contributed by atoms with Gasteiger partial charge >= 0.3 is 0 Å². The molecule has 94 valence electrons. The average Bonchev–Trinajstić information content (AvgIpc) is 2.28. The van der Waals surface area contributed by atoms with Gasteiger partial charge in [-0.3, -0.25) is 4.79 Å². The van der Waals surface area contributed by atoms with Crippen LogP contribution in [0.5, 0.6) is 0 Å². The zero-order valence-corrected chi connectivity index (χ0v) is 10.9. The van der Waals surface area contributed by atoms with Crippen molar-refractivity contribution in [3.63, 3.8) is 0 Å². The molecule has 3 heteroatoms. The number of hydrogen-bond acceptors (Lipinski definition) is 2. The van der Waals surface area contributed by atoms with Crippen LogP contribution in [0.25, 0.3) is 0 Å². The Morgan fingerprint density at radius 2 is 1.88 bits per heavy atom. The van der Waals surface area contributed by atoms with Gasteiger partial charge in [0.25, 0.3) is 0 Å². The van der Waals surface area contributed by atoms with E-state index in [1.54, 1.807) is 4.90 Å². The predicted octanol–water partition coefficient (Wildman–Crippen LogP) is 2.15. The van der Waals surface area contributed by atoms with E-state index in [1.165, 1.54) is 0 Å². The number of nitrogens with zero attached hydrogens (tertiary/aromatic N) is 1. The van der Waals surface area contributed by atoms with Gasteiger partial charge in [0.15, 0.2) is 0 Å². The number of carbonyl (C=O) groups excluding carboxylic acids is 1. The highest BCUT2D eigenvalue weighted by Gasteiger charge is 2.12. The fourth-order valence-electron chi connectivity index (χ4n) is 1.76. The number of benzene rings is 1. The standard InChI is InChI=1S/C14H22N2O/c1-11(2)8-14(17)16(3)10-13-7-5-4-6-12(13)9-15/h4-7,11H,8-10,15H2,1-3H3. The third-order valence-electron chi connectivity index (χ3n) is 2.75. The van der Waals surface area contributed by atoms with Gasteiger partial charge in [-0.15, -0.1) is 0 Å². The summed E-state index contributed by atoms with van der Waals surface area (Å²) in [6.45, 7) is 5.26. The monoisotopic (exact) mass is 234 g/mol. The summed E-state index contributed by atoms with van der Waals surface area (Å²) in [6, 6.07) is 7.99. The van der Waals surface area contributed by atoms with Crippen LogP contribution >= 0.6 is 0 Å². The molecule has 0 unspecified atom stereocenters. The van der Waals surface area contributed by atoms with Crippen molar-refractivity contribution in [2.45, 2.75) is 33.4 Å². The molecule has 0 aliphatic heterocycles. The van der Waals surface area contributed by atoms with E-state index >= 15 is 0 Å². The van der Waals surface area contributed by atoms with Crippen molar-refractivity contribution in [3.05, 3.63) is 35.4 Å². The summed E-state index contributed by atoms with van der Waals surface area (Å²) in [5, 5.41) is 0. The summed E-state index contributed by atoms with van der Waals surface area (Å²) in [4.78, 5) is 13.6. The van der Waals surface area contributed by atoms with Crippen LogP contribution in [0.4, 0.5) is 0 Å². The summed E-state index contributed by atoms with van der Waals surface area (Å²) >= 11 is 0. The van der Waals surface area contributed by atoms with Gasteiger partial charge in [-0.2, -0.15) is 0 Å². The smallest absolute Gasteiger partial charge is 0.222 e. The molecule has 0 radical (unpaired) electrons. The molecule has 0 heterocycles. The largest absolute Gasteiger partial charge is 0.341 e. The third kappa shape index (κ3) is 4.19. The van der Waals surface area contributed by atoms with Crippen LogP contribution in [0.1, 0.15) is 31.4 Å². The Morgan fingerprint density at radius 1 is 1.29 bits per heavy atom. The second-order valence-electron chi connectivity index (χ2n) is 4.82. The molecule has 1 amide bonds. The van der Waals surface area contributed by atoms with Crippen molar-refractivity contribution in [1.82, 2.24) is 4.90 Å². The number of rotatable bonds is 5. The summed E-state index contributed by atoms with van der Waals surface area (Å²) < 4.78 is 0. The molecule has 0 aliphatic rings. The zero-order chi connectivity index (χ0) is 12.8. The molecule has 0 spiro atoms. The van der Waals surface area contributed by atoms with E-state index in [0.29, 0.717) is 25.4 Å². The van der Waals surface area contributed by atoms with Crippen LogP contribution in [0, 0.1) is 5.92 Å². The molecular weight excluding hydrogens is 212 g/mol. The zero-order valence-electron chi connectivity index (χ0n) is 10.9. The fraction of sp³-hybridized carbons (Fsp3) is 0.500. The summed E-state index contributed by atoms with van der Waals surface area (Å²) in [6.07, 6.45) is 0.599. The van der Waals surface area contributed by atoms with Gasteiger partial charge in [0.05, 0.1) is 0 Å². The molecule has 2 N–H and O–H groups in total. The van der Waals surface area contributed by atoms with Gasteiger partial charge in [-0.05, 0) is 17.0 Å². The van der Waals surface area contributed by atoms with Crippen LogP contribution in [-0.2, 0) is 17.9 Å². The highest BCUT2D eigenvalue weighted by Crippen LogP contribution is 2.12. The molecule has 1 aromatic carbocycles. The van der Waals surface area contributed by atoms with Crippen LogP contribution in [0.2, 0.25) is 0 Å². The van der Waals surface area contributed by atoms with Gasteiger partial charge in [0.2, 0.25) is 5.91 Å². The molecule has 17 heavy (non-hydrogen) atoms. The van der Waals surface area contributed by atoms with E-state index in [1.807, 2.05) is 31.3 Å². The first-order valence-electron chi connectivity index (χ1n) is 6.05. The van der Waals surface area contributed by atoms with Gasteiger partial charge in [-0.1, -0.05) is 38.1 Å². The van der Waals surface area contributed by atoms with E-state index in [4.69, 9.17) is 5.73 Å². The summed E-state index contributed by atoms with van der Waals surface area (Å²) in [5.41, 5.74) is 7.92. The van der Waals surface area contributed by atoms with Crippen LogP contribution in [0.3, 0.4) is 0 Å². The normalized spacial score (nSPS) is 10.6. The topological polar surface area (TPSA) is 46.3 Å². The molecule has 0 atom stereocenters. The van der Waals surface area contributed by atoms with Gasteiger partial charge in [0, 0.05) is 26.6 Å².